The van der Waals surface area contributed by atoms with Gasteiger partial charge in [0.25, 0.3) is 0 Å². The van der Waals surface area contributed by atoms with Gasteiger partial charge in [-0.25, -0.2) is 9.37 Å². The average Bonchev–Trinajstić information content (AvgIpc) is 3.11. The summed E-state index contributed by atoms with van der Waals surface area (Å²) in [4.78, 5) is 28.8. The molecule has 1 amide bonds. The van der Waals surface area contributed by atoms with Gasteiger partial charge in [-0.3, -0.25) is 9.59 Å². The quantitative estimate of drug-likeness (QED) is 0.399. The largest absolute Gasteiger partial charge is 0.325 e. The maximum atomic E-state index is 12.9. The van der Waals surface area contributed by atoms with Crippen molar-refractivity contribution < 1.29 is 14.0 Å². The van der Waals surface area contributed by atoms with Gasteiger partial charge in [0.2, 0.25) is 5.91 Å². The molecule has 144 valence electrons. The van der Waals surface area contributed by atoms with E-state index in [1.165, 1.54) is 47.4 Å². The molecule has 0 unspecified atom stereocenters. The van der Waals surface area contributed by atoms with Crippen molar-refractivity contribution in [1.82, 2.24) is 4.98 Å². The molecule has 0 spiro atoms. The number of amides is 1. The number of carbonyl (C=O) groups is 2. The lowest BCUT2D eigenvalue weighted by Crippen LogP contribution is -2.15. The van der Waals surface area contributed by atoms with Crippen LogP contribution in [-0.4, -0.2) is 22.4 Å². The summed E-state index contributed by atoms with van der Waals surface area (Å²) in [5.74, 6) is -0.461. The first-order chi connectivity index (χ1) is 13.4. The number of ketones is 1. The molecule has 0 saturated carbocycles. The number of hydrogen-bond acceptors (Lipinski definition) is 5. The van der Waals surface area contributed by atoms with Crippen LogP contribution in [0.3, 0.4) is 0 Å². The number of halogens is 2. The molecule has 2 aromatic carbocycles. The first kappa shape index (κ1) is 20.5. The van der Waals surface area contributed by atoms with Crippen LogP contribution in [0.25, 0.3) is 0 Å². The standard InChI is InChI=1S/C20H16ClFN2O2S2/c1-12-16(21)3-2-4-17(12)24-19(26)9-15-10-27-20(23-15)28-11-18(25)13-5-7-14(22)8-6-13/h2-8,10H,9,11H2,1H3,(H,24,26). The van der Waals surface area contributed by atoms with Gasteiger partial charge in [0, 0.05) is 21.7 Å². The number of anilines is 1. The van der Waals surface area contributed by atoms with Crippen LogP contribution in [0.1, 0.15) is 21.6 Å². The number of benzene rings is 2. The summed E-state index contributed by atoms with van der Waals surface area (Å²) in [6.07, 6.45) is 0.134. The van der Waals surface area contributed by atoms with E-state index < -0.39 is 0 Å². The van der Waals surface area contributed by atoms with E-state index in [9.17, 15) is 14.0 Å². The van der Waals surface area contributed by atoms with Crippen LogP contribution >= 0.6 is 34.7 Å². The van der Waals surface area contributed by atoms with Crippen molar-refractivity contribution in [1.29, 1.82) is 0 Å². The van der Waals surface area contributed by atoms with Gasteiger partial charge in [0.15, 0.2) is 10.1 Å². The SMILES string of the molecule is Cc1c(Cl)cccc1NC(=O)Cc1csc(SCC(=O)c2ccc(F)cc2)n1. The Labute approximate surface area is 175 Å². The molecule has 1 aromatic heterocycles. The minimum Gasteiger partial charge on any atom is -0.325 e. The molecule has 0 aliphatic carbocycles. The summed E-state index contributed by atoms with van der Waals surface area (Å²) < 4.78 is 13.6. The second-order valence-corrected chi connectivity index (χ2v) is 8.45. The molecule has 0 radical (unpaired) electrons. The van der Waals surface area contributed by atoms with Crippen molar-refractivity contribution in [3.8, 4) is 0 Å². The summed E-state index contributed by atoms with van der Waals surface area (Å²) in [6, 6.07) is 10.8. The zero-order valence-electron chi connectivity index (χ0n) is 14.9. The normalized spacial score (nSPS) is 10.7. The van der Waals surface area contributed by atoms with E-state index in [4.69, 9.17) is 11.6 Å². The van der Waals surface area contributed by atoms with Crippen LogP contribution in [-0.2, 0) is 11.2 Å². The van der Waals surface area contributed by atoms with Crippen molar-refractivity contribution in [2.24, 2.45) is 0 Å². The Morgan fingerprint density at radius 3 is 2.71 bits per heavy atom. The van der Waals surface area contributed by atoms with Gasteiger partial charge in [-0.2, -0.15) is 0 Å². The van der Waals surface area contributed by atoms with Gasteiger partial charge in [-0.1, -0.05) is 29.4 Å². The monoisotopic (exact) mass is 434 g/mol. The number of hydrogen-bond donors (Lipinski definition) is 1. The first-order valence-corrected chi connectivity index (χ1v) is 10.6. The molecule has 28 heavy (non-hydrogen) atoms. The van der Waals surface area contributed by atoms with Crippen LogP contribution < -0.4 is 5.32 Å². The fraction of sp³-hybridized carbons (Fsp3) is 0.150. The predicted octanol–water partition coefficient (Wildman–Crippen LogP) is 5.40. The minimum atomic E-state index is -0.375. The minimum absolute atomic E-state index is 0.101. The van der Waals surface area contributed by atoms with Crippen molar-refractivity contribution in [3.63, 3.8) is 0 Å². The van der Waals surface area contributed by atoms with Gasteiger partial charge in [0.1, 0.15) is 5.82 Å². The Bertz CT molecular complexity index is 1010. The average molecular weight is 435 g/mol. The summed E-state index contributed by atoms with van der Waals surface area (Å²) in [5, 5.41) is 5.23. The molecule has 1 heterocycles. The van der Waals surface area contributed by atoms with Crippen LogP contribution in [0.5, 0.6) is 0 Å². The molecular formula is C20H16ClFN2O2S2. The van der Waals surface area contributed by atoms with Crippen molar-refractivity contribution in [3.05, 3.63) is 75.5 Å². The molecule has 0 saturated heterocycles. The van der Waals surface area contributed by atoms with Crippen LogP contribution in [0.4, 0.5) is 10.1 Å². The molecule has 0 aliphatic heterocycles. The second-order valence-electron chi connectivity index (χ2n) is 5.96. The maximum absolute atomic E-state index is 12.9. The number of carbonyl (C=O) groups excluding carboxylic acids is 2. The third-order valence-corrected chi connectivity index (χ3v) is 6.39. The molecule has 0 aliphatic rings. The van der Waals surface area contributed by atoms with Crippen molar-refractivity contribution >= 4 is 52.1 Å². The Morgan fingerprint density at radius 2 is 1.96 bits per heavy atom. The van der Waals surface area contributed by atoms with E-state index in [0.29, 0.717) is 26.3 Å². The number of nitrogens with one attached hydrogen (secondary N) is 1. The molecular weight excluding hydrogens is 419 g/mol. The Morgan fingerprint density at radius 1 is 1.21 bits per heavy atom. The highest BCUT2D eigenvalue weighted by molar-refractivity contribution is 8.01. The highest BCUT2D eigenvalue weighted by atomic mass is 35.5. The van der Waals surface area contributed by atoms with E-state index in [1.807, 2.05) is 6.92 Å². The number of thiazole rings is 1. The Hall–Kier alpha value is -2.22. The summed E-state index contributed by atoms with van der Waals surface area (Å²) in [7, 11) is 0. The molecule has 0 atom stereocenters. The number of rotatable bonds is 7. The molecule has 0 bridgehead atoms. The smallest absolute Gasteiger partial charge is 0.230 e. The number of thioether (sulfide) groups is 1. The first-order valence-electron chi connectivity index (χ1n) is 8.33. The van der Waals surface area contributed by atoms with Crippen LogP contribution in [0.2, 0.25) is 5.02 Å². The number of nitrogens with zero attached hydrogens (tertiary/aromatic N) is 1. The number of Topliss-reactive ketones (excluding diaryl/α,β-unsaturated/α-hetero) is 1. The molecule has 3 rings (SSSR count). The fourth-order valence-corrected chi connectivity index (χ4v) is 4.30. The van der Waals surface area contributed by atoms with Crippen LogP contribution in [0.15, 0.2) is 52.2 Å². The molecule has 4 nitrogen and oxygen atoms in total. The molecule has 3 aromatic rings. The van der Waals surface area contributed by atoms with Crippen molar-refractivity contribution in [2.75, 3.05) is 11.1 Å². The summed E-state index contributed by atoms with van der Waals surface area (Å²) in [6.45, 7) is 1.84. The van der Waals surface area contributed by atoms with Gasteiger partial charge in [0.05, 0.1) is 17.9 Å². The summed E-state index contributed by atoms with van der Waals surface area (Å²) >= 11 is 8.74. The predicted molar refractivity (Wildman–Crippen MR) is 112 cm³/mol. The lowest BCUT2D eigenvalue weighted by atomic mass is 10.1. The molecule has 8 heteroatoms. The van der Waals surface area contributed by atoms with Gasteiger partial charge >= 0.3 is 0 Å². The van der Waals surface area contributed by atoms with Gasteiger partial charge < -0.3 is 5.32 Å². The highest BCUT2D eigenvalue weighted by Crippen LogP contribution is 2.25. The maximum Gasteiger partial charge on any atom is 0.230 e. The summed E-state index contributed by atoms with van der Waals surface area (Å²) in [5.41, 5.74) is 2.58. The molecule has 1 N–H and O–H groups in total. The van der Waals surface area contributed by atoms with E-state index in [-0.39, 0.29) is 29.7 Å². The van der Waals surface area contributed by atoms with E-state index in [1.54, 1.807) is 23.6 Å². The third-order valence-electron chi connectivity index (χ3n) is 3.91. The topological polar surface area (TPSA) is 59.1 Å². The van der Waals surface area contributed by atoms with Gasteiger partial charge in [-0.05, 0) is 48.9 Å². The number of aromatic nitrogens is 1. The second kappa shape index (κ2) is 9.32. The third kappa shape index (κ3) is 5.41. The lowest BCUT2D eigenvalue weighted by molar-refractivity contribution is -0.115. The molecule has 0 fully saturated rings. The van der Waals surface area contributed by atoms with Gasteiger partial charge in [-0.15, -0.1) is 11.3 Å². The van der Waals surface area contributed by atoms with E-state index in [2.05, 4.69) is 10.3 Å². The van der Waals surface area contributed by atoms with E-state index in [0.717, 1.165) is 5.56 Å². The zero-order chi connectivity index (χ0) is 20.1. The highest BCUT2D eigenvalue weighted by Gasteiger charge is 2.12. The van der Waals surface area contributed by atoms with Crippen LogP contribution in [0, 0.1) is 12.7 Å². The Kier molecular flexibility index (Phi) is 6.83. The fourth-order valence-electron chi connectivity index (χ4n) is 2.38. The Balaban J connectivity index is 1.53. The van der Waals surface area contributed by atoms with Crippen molar-refractivity contribution in [2.45, 2.75) is 17.7 Å². The zero-order valence-corrected chi connectivity index (χ0v) is 17.3. The van der Waals surface area contributed by atoms with E-state index >= 15 is 0 Å². The lowest BCUT2D eigenvalue weighted by Gasteiger charge is -2.08.